The van der Waals surface area contributed by atoms with Crippen LogP contribution in [0, 0.1) is 6.92 Å². The van der Waals surface area contributed by atoms with Gasteiger partial charge in [-0.05, 0) is 61.1 Å². The highest BCUT2D eigenvalue weighted by atomic mass is 32.1. The number of anilines is 2. The van der Waals surface area contributed by atoms with Gasteiger partial charge >= 0.3 is 0 Å². The predicted octanol–water partition coefficient (Wildman–Crippen LogP) is 5.21. The number of likely N-dealkylation sites (N-methyl/N-ethyl adjacent to an activating group) is 1. The number of aromatic nitrogens is 2. The number of nitrogens with zero attached hydrogens (tertiary/aromatic N) is 5. The molecule has 2 aromatic carbocycles. The fourth-order valence-electron chi connectivity index (χ4n) is 5.80. The summed E-state index contributed by atoms with van der Waals surface area (Å²) in [6.07, 6.45) is 4.17. The van der Waals surface area contributed by atoms with Crippen molar-refractivity contribution in [3.8, 4) is 0 Å². The zero-order chi connectivity index (χ0) is 34.4. The van der Waals surface area contributed by atoms with E-state index in [1.807, 2.05) is 60.8 Å². The molecule has 10 nitrogen and oxygen atoms in total. The third kappa shape index (κ3) is 8.64. The maximum Gasteiger partial charge on any atom is 0.254 e. The number of aryl methyl sites for hydroxylation is 1. The Balaban J connectivity index is 1.41. The predicted molar refractivity (Wildman–Crippen MR) is 190 cm³/mol. The Hall–Kier alpha value is -4.61. The average molecular weight is 669 g/mol. The number of hydrogen-bond acceptors (Lipinski definition) is 8. The minimum atomic E-state index is -0.945. The van der Waals surface area contributed by atoms with Gasteiger partial charge in [0.2, 0.25) is 5.91 Å². The summed E-state index contributed by atoms with van der Waals surface area (Å²) in [5, 5.41) is 17.4. The molecule has 1 fully saturated rings. The number of carbonyl (C=O) groups is 3. The second-order valence-electron chi connectivity index (χ2n) is 12.8. The van der Waals surface area contributed by atoms with E-state index in [0.717, 1.165) is 27.5 Å². The highest BCUT2D eigenvalue weighted by Crippen LogP contribution is 2.26. The third-order valence-corrected chi connectivity index (χ3v) is 9.54. The topological polar surface area (TPSA) is 119 Å². The summed E-state index contributed by atoms with van der Waals surface area (Å²) in [6, 6.07) is 16.0. The van der Waals surface area contributed by atoms with Gasteiger partial charge in [0.15, 0.2) is 0 Å². The van der Waals surface area contributed by atoms with E-state index >= 15 is 0 Å². The maximum absolute atomic E-state index is 14.0. The van der Waals surface area contributed by atoms with Crippen molar-refractivity contribution in [2.45, 2.75) is 64.6 Å². The maximum atomic E-state index is 14.0. The van der Waals surface area contributed by atoms with Crippen LogP contribution in [-0.4, -0.2) is 77.0 Å². The Morgan fingerprint density at radius 2 is 1.81 bits per heavy atom. The van der Waals surface area contributed by atoms with Gasteiger partial charge < -0.3 is 25.1 Å². The van der Waals surface area contributed by atoms with Gasteiger partial charge in [-0.2, -0.15) is 0 Å². The lowest BCUT2D eigenvalue weighted by atomic mass is 9.99. The molecule has 0 spiro atoms. The smallest absolute Gasteiger partial charge is 0.254 e. The Bertz CT molecular complexity index is 1740. The number of aliphatic hydroxyl groups is 1. The number of thiazole rings is 1. The summed E-state index contributed by atoms with van der Waals surface area (Å²) in [5.41, 5.74) is 4.85. The molecule has 48 heavy (non-hydrogen) atoms. The molecule has 1 aliphatic rings. The van der Waals surface area contributed by atoms with Crippen molar-refractivity contribution in [1.29, 1.82) is 0 Å². The van der Waals surface area contributed by atoms with Gasteiger partial charge in [0.25, 0.3) is 11.8 Å². The minimum Gasteiger partial charge on any atom is -0.389 e. The number of hydrogen-bond donors (Lipinski definition) is 2. The van der Waals surface area contributed by atoms with Gasteiger partial charge in [0.1, 0.15) is 5.01 Å². The van der Waals surface area contributed by atoms with E-state index in [4.69, 9.17) is 0 Å². The quantitative estimate of drug-likeness (QED) is 0.201. The molecule has 0 aliphatic carbocycles. The van der Waals surface area contributed by atoms with E-state index in [-0.39, 0.29) is 23.9 Å². The molecule has 4 aromatic rings. The SMILES string of the molecule is Cc1csc(CN(C)C(=O)c2cc(C(=O)N[C@@H](Cc3ccccc3)[C@H](O)CN(C)c3cncc(C(C)C)c3)cc(N3CCCC3=O)c2)n1. The molecule has 0 unspecified atom stereocenters. The van der Waals surface area contributed by atoms with Crippen LogP contribution >= 0.6 is 11.3 Å². The molecule has 2 atom stereocenters. The number of benzene rings is 2. The Morgan fingerprint density at radius 3 is 2.48 bits per heavy atom. The Morgan fingerprint density at radius 1 is 1.06 bits per heavy atom. The van der Waals surface area contributed by atoms with Crippen LogP contribution in [0.25, 0.3) is 0 Å². The summed E-state index contributed by atoms with van der Waals surface area (Å²) in [7, 11) is 3.59. The molecule has 3 heterocycles. The summed E-state index contributed by atoms with van der Waals surface area (Å²) >= 11 is 1.48. The van der Waals surface area contributed by atoms with E-state index < -0.39 is 18.1 Å². The number of rotatable bonds is 13. The van der Waals surface area contributed by atoms with Gasteiger partial charge in [-0.25, -0.2) is 4.98 Å². The van der Waals surface area contributed by atoms with Gasteiger partial charge in [0.05, 0.1) is 30.6 Å². The zero-order valence-corrected chi connectivity index (χ0v) is 29.0. The van der Waals surface area contributed by atoms with Crippen LogP contribution < -0.4 is 15.1 Å². The number of nitrogens with one attached hydrogen (secondary N) is 1. The van der Waals surface area contributed by atoms with Crippen LogP contribution in [0.5, 0.6) is 0 Å². The molecule has 2 N–H and O–H groups in total. The second kappa shape index (κ2) is 15.5. The first-order valence-corrected chi connectivity index (χ1v) is 17.2. The summed E-state index contributed by atoms with van der Waals surface area (Å²) < 4.78 is 0. The van der Waals surface area contributed by atoms with Crippen LogP contribution in [0.3, 0.4) is 0 Å². The molecule has 5 rings (SSSR count). The number of aliphatic hydroxyl groups excluding tert-OH is 1. The van der Waals surface area contributed by atoms with Crippen molar-refractivity contribution in [2.75, 3.05) is 37.0 Å². The normalized spacial score (nSPS) is 14.2. The summed E-state index contributed by atoms with van der Waals surface area (Å²) in [4.78, 5) is 54.4. The molecular formula is C37H44N6O4S. The standard InChI is InChI=1S/C37H44N6O4S/c1-24(2)29-18-31(20-38-19-29)41(4)21-33(44)32(14-26-10-7-6-8-11-26)40-36(46)27-15-28(17-30(16-27)43-13-9-12-35(43)45)37(47)42(5)22-34-39-25(3)23-48-34/h6-8,10-11,15-20,23-24,32-33,44H,9,12-14,21-22H2,1-5H3,(H,40,46)/t32-,33+/m0/s1. The molecular weight excluding hydrogens is 625 g/mol. The largest absolute Gasteiger partial charge is 0.389 e. The van der Waals surface area contributed by atoms with Gasteiger partial charge in [-0.1, -0.05) is 44.2 Å². The fourth-order valence-corrected chi connectivity index (χ4v) is 6.62. The first kappa shape index (κ1) is 34.7. The first-order chi connectivity index (χ1) is 23.0. The zero-order valence-electron chi connectivity index (χ0n) is 28.2. The van der Waals surface area contributed by atoms with E-state index in [1.54, 1.807) is 41.2 Å². The molecule has 0 saturated carbocycles. The fraction of sp³-hybridized carbons (Fsp3) is 0.378. The Labute approximate surface area is 286 Å². The lowest BCUT2D eigenvalue weighted by molar-refractivity contribution is -0.117. The first-order valence-electron chi connectivity index (χ1n) is 16.3. The monoisotopic (exact) mass is 668 g/mol. The van der Waals surface area contributed by atoms with Gasteiger partial charge in [-0.15, -0.1) is 11.3 Å². The van der Waals surface area contributed by atoms with Crippen LogP contribution in [-0.2, 0) is 17.8 Å². The highest BCUT2D eigenvalue weighted by Gasteiger charge is 2.28. The van der Waals surface area contributed by atoms with Gasteiger partial charge in [0, 0.05) is 67.7 Å². The van der Waals surface area contributed by atoms with Crippen LogP contribution in [0.1, 0.15) is 75.2 Å². The molecule has 1 saturated heterocycles. The van der Waals surface area contributed by atoms with Crippen LogP contribution in [0.15, 0.2) is 72.4 Å². The number of pyridine rings is 1. The van der Waals surface area contributed by atoms with E-state index in [2.05, 4.69) is 35.2 Å². The molecule has 0 radical (unpaired) electrons. The van der Waals surface area contributed by atoms with Crippen molar-refractivity contribution in [2.24, 2.45) is 0 Å². The summed E-state index contributed by atoms with van der Waals surface area (Å²) in [6.45, 7) is 7.20. The van der Waals surface area contributed by atoms with E-state index in [1.165, 1.54) is 11.3 Å². The van der Waals surface area contributed by atoms with E-state index in [9.17, 15) is 19.5 Å². The number of amides is 3. The second-order valence-corrected chi connectivity index (χ2v) is 13.8. The molecule has 1 aliphatic heterocycles. The van der Waals surface area contributed by atoms with Crippen LogP contribution in [0.2, 0.25) is 0 Å². The van der Waals surface area contributed by atoms with Crippen molar-refractivity contribution < 1.29 is 19.5 Å². The lowest BCUT2D eigenvalue weighted by Crippen LogP contribution is -2.49. The molecule has 0 bridgehead atoms. The Kier molecular flexibility index (Phi) is 11.2. The van der Waals surface area contributed by atoms with Crippen molar-refractivity contribution in [1.82, 2.24) is 20.2 Å². The number of carbonyl (C=O) groups excluding carboxylic acids is 3. The van der Waals surface area contributed by atoms with Crippen molar-refractivity contribution >= 4 is 40.4 Å². The highest BCUT2D eigenvalue weighted by molar-refractivity contribution is 7.09. The lowest BCUT2D eigenvalue weighted by Gasteiger charge is -2.29. The molecule has 3 amide bonds. The molecule has 252 valence electrons. The van der Waals surface area contributed by atoms with Crippen LogP contribution in [0.4, 0.5) is 11.4 Å². The summed E-state index contributed by atoms with van der Waals surface area (Å²) in [5.74, 6) is -0.471. The average Bonchev–Trinajstić information content (AvgIpc) is 3.71. The third-order valence-electron chi connectivity index (χ3n) is 8.59. The minimum absolute atomic E-state index is 0.0472. The van der Waals surface area contributed by atoms with Crippen molar-refractivity contribution in [3.05, 3.63) is 105 Å². The molecule has 2 aromatic heterocycles. The van der Waals surface area contributed by atoms with E-state index in [0.29, 0.717) is 49.5 Å². The molecule has 11 heteroatoms. The van der Waals surface area contributed by atoms with Gasteiger partial charge in [-0.3, -0.25) is 19.4 Å². The van der Waals surface area contributed by atoms with Crippen molar-refractivity contribution in [3.63, 3.8) is 0 Å².